The second kappa shape index (κ2) is 4.56. The minimum Gasteiger partial charge on any atom is -0.342 e. The summed E-state index contributed by atoms with van der Waals surface area (Å²) in [6, 6.07) is 0. The highest BCUT2D eigenvalue weighted by Crippen LogP contribution is 2.47. The summed E-state index contributed by atoms with van der Waals surface area (Å²) in [6.07, 6.45) is 5.35. The van der Waals surface area contributed by atoms with Crippen LogP contribution < -0.4 is 0 Å². The van der Waals surface area contributed by atoms with Crippen LogP contribution in [0.4, 0.5) is 0 Å². The Morgan fingerprint density at radius 1 is 1.06 bits per heavy atom. The van der Waals surface area contributed by atoms with Gasteiger partial charge in [0.1, 0.15) is 0 Å². The van der Waals surface area contributed by atoms with E-state index in [1.54, 1.807) is 0 Å². The van der Waals surface area contributed by atoms with Gasteiger partial charge in [0.2, 0.25) is 6.67 Å². The first-order chi connectivity index (χ1) is 7.10. The molecule has 92 valence electrons. The van der Waals surface area contributed by atoms with Crippen LogP contribution in [0, 0.1) is 6.67 Å². The Hall–Kier alpha value is -0.230. The van der Waals surface area contributed by atoms with Crippen molar-refractivity contribution < 1.29 is 0 Å². The lowest BCUT2D eigenvalue weighted by molar-refractivity contribution is 0.224. The lowest BCUT2D eigenvalue weighted by atomic mass is 10.1. The molecule has 0 unspecified atom stereocenters. The fourth-order valence-corrected chi connectivity index (χ4v) is 2.28. The second-order valence-corrected chi connectivity index (χ2v) is 9.44. The van der Waals surface area contributed by atoms with E-state index in [0.29, 0.717) is 5.16 Å². The summed E-state index contributed by atoms with van der Waals surface area (Å²) in [7, 11) is -0.00203. The zero-order valence-electron chi connectivity index (χ0n) is 11.7. The van der Waals surface area contributed by atoms with Crippen molar-refractivity contribution in [1.82, 2.24) is 9.80 Å². The quantitative estimate of drug-likeness (QED) is 0.678. The summed E-state index contributed by atoms with van der Waals surface area (Å²) < 4.78 is 0. The molecule has 3 heteroatoms. The van der Waals surface area contributed by atoms with Crippen LogP contribution >= 0.6 is 7.92 Å². The molecule has 0 aromatic heterocycles. The Morgan fingerprint density at radius 3 is 2.00 bits per heavy atom. The van der Waals surface area contributed by atoms with E-state index in [1.165, 1.54) is 0 Å². The molecule has 16 heavy (non-hydrogen) atoms. The summed E-state index contributed by atoms with van der Waals surface area (Å²) >= 11 is 0. The van der Waals surface area contributed by atoms with E-state index < -0.39 is 0 Å². The Labute approximate surface area is 102 Å². The molecule has 1 aliphatic heterocycles. The SMILES string of the molecule is C[P@@](CN1[C]N(C(C)(C)C)C=C1)C(C)(C)C. The fourth-order valence-electron chi connectivity index (χ4n) is 1.25. The molecule has 0 saturated heterocycles. The van der Waals surface area contributed by atoms with Gasteiger partial charge in [-0.25, -0.2) is 0 Å². The third kappa shape index (κ3) is 3.66. The third-order valence-electron chi connectivity index (χ3n) is 2.86. The maximum absolute atomic E-state index is 3.41. The van der Waals surface area contributed by atoms with Crippen LogP contribution in [0.25, 0.3) is 0 Å². The van der Waals surface area contributed by atoms with Crippen molar-refractivity contribution >= 4 is 7.92 Å². The van der Waals surface area contributed by atoms with Crippen LogP contribution in [-0.2, 0) is 0 Å². The van der Waals surface area contributed by atoms with Gasteiger partial charge in [-0.2, -0.15) is 0 Å². The molecule has 0 spiro atoms. The predicted octanol–water partition coefficient (Wildman–Crippen LogP) is 3.74. The topological polar surface area (TPSA) is 6.48 Å². The van der Waals surface area contributed by atoms with Gasteiger partial charge >= 0.3 is 0 Å². The molecule has 0 saturated carbocycles. The van der Waals surface area contributed by atoms with Crippen LogP contribution in [0.2, 0.25) is 0 Å². The Kier molecular flexibility index (Phi) is 3.95. The molecule has 0 aromatic carbocycles. The Morgan fingerprint density at radius 2 is 1.62 bits per heavy atom. The van der Waals surface area contributed by atoms with Gasteiger partial charge in [0.15, 0.2) is 0 Å². The highest BCUT2D eigenvalue weighted by molar-refractivity contribution is 7.58. The van der Waals surface area contributed by atoms with E-state index in [0.717, 1.165) is 6.29 Å². The summed E-state index contributed by atoms with van der Waals surface area (Å²) in [5.74, 6) is 0. The van der Waals surface area contributed by atoms with Crippen molar-refractivity contribution in [3.63, 3.8) is 0 Å². The van der Waals surface area contributed by atoms with E-state index in [1.807, 2.05) is 0 Å². The number of nitrogens with zero attached hydrogens (tertiary/aromatic N) is 2. The van der Waals surface area contributed by atoms with Gasteiger partial charge in [0, 0.05) is 24.2 Å². The van der Waals surface area contributed by atoms with E-state index in [-0.39, 0.29) is 13.5 Å². The van der Waals surface area contributed by atoms with Crippen LogP contribution in [0.1, 0.15) is 41.5 Å². The van der Waals surface area contributed by atoms with E-state index in [4.69, 9.17) is 0 Å². The zero-order chi connectivity index (χ0) is 12.6. The van der Waals surface area contributed by atoms with E-state index in [9.17, 15) is 0 Å². The van der Waals surface area contributed by atoms with Gasteiger partial charge in [-0.3, -0.25) is 0 Å². The van der Waals surface area contributed by atoms with Crippen LogP contribution in [0.3, 0.4) is 0 Å². The normalized spacial score (nSPS) is 19.4. The predicted molar refractivity (Wildman–Crippen MR) is 73.3 cm³/mol. The minimum atomic E-state index is -0.00203. The van der Waals surface area contributed by atoms with Gasteiger partial charge in [-0.05, 0) is 32.6 Å². The average molecular weight is 240 g/mol. The summed E-state index contributed by atoms with van der Waals surface area (Å²) in [6.45, 7) is 19.3. The van der Waals surface area contributed by atoms with Crippen molar-refractivity contribution in [3.05, 3.63) is 19.1 Å². The number of hydrogen-bond acceptors (Lipinski definition) is 2. The van der Waals surface area contributed by atoms with Crippen LogP contribution in [0.15, 0.2) is 12.4 Å². The molecule has 1 aliphatic rings. The molecule has 0 aliphatic carbocycles. The molecule has 0 N–H and O–H groups in total. The molecule has 1 heterocycles. The molecule has 0 fully saturated rings. The third-order valence-corrected chi connectivity index (χ3v) is 5.88. The van der Waals surface area contributed by atoms with Gasteiger partial charge in [-0.15, -0.1) is 0 Å². The molecule has 0 aromatic rings. The average Bonchev–Trinajstić information content (AvgIpc) is 2.49. The molecule has 1 atom stereocenters. The smallest absolute Gasteiger partial charge is 0.208 e. The van der Waals surface area contributed by atoms with Crippen molar-refractivity contribution in [3.8, 4) is 0 Å². The summed E-state index contributed by atoms with van der Waals surface area (Å²) in [5.41, 5.74) is 0.128. The fraction of sp³-hybridized carbons (Fsp3) is 0.769. The summed E-state index contributed by atoms with van der Waals surface area (Å²) in [4.78, 5) is 4.35. The number of hydrogen-bond donors (Lipinski definition) is 0. The Bertz CT molecular complexity index is 260. The molecule has 2 nitrogen and oxygen atoms in total. The molecule has 2 radical (unpaired) electrons. The zero-order valence-corrected chi connectivity index (χ0v) is 12.6. The lowest BCUT2D eigenvalue weighted by Crippen LogP contribution is -2.36. The minimum absolute atomic E-state index is 0.00203. The van der Waals surface area contributed by atoms with Crippen molar-refractivity contribution in [2.24, 2.45) is 0 Å². The van der Waals surface area contributed by atoms with Crippen LogP contribution in [0.5, 0.6) is 0 Å². The monoisotopic (exact) mass is 240 g/mol. The van der Waals surface area contributed by atoms with Gasteiger partial charge < -0.3 is 9.80 Å². The molecule has 0 bridgehead atoms. The summed E-state index contributed by atoms with van der Waals surface area (Å²) in [5, 5.41) is 0.417. The molecule has 1 rings (SSSR count). The highest BCUT2D eigenvalue weighted by atomic mass is 31.1. The Balaban J connectivity index is 2.48. The van der Waals surface area contributed by atoms with Crippen LogP contribution in [-0.4, -0.2) is 33.4 Å². The van der Waals surface area contributed by atoms with Crippen molar-refractivity contribution in [1.29, 1.82) is 0 Å². The van der Waals surface area contributed by atoms with E-state index in [2.05, 4.69) is 77.1 Å². The van der Waals surface area contributed by atoms with Crippen molar-refractivity contribution in [2.45, 2.75) is 52.2 Å². The molecular weight excluding hydrogens is 215 g/mol. The van der Waals surface area contributed by atoms with Gasteiger partial charge in [0.05, 0.1) is 0 Å². The maximum Gasteiger partial charge on any atom is 0.208 e. The number of rotatable bonds is 2. The van der Waals surface area contributed by atoms with Crippen molar-refractivity contribution in [2.75, 3.05) is 13.0 Å². The first kappa shape index (κ1) is 13.8. The van der Waals surface area contributed by atoms with Gasteiger partial charge in [-0.1, -0.05) is 28.7 Å². The van der Waals surface area contributed by atoms with Gasteiger partial charge in [0.25, 0.3) is 0 Å². The van der Waals surface area contributed by atoms with E-state index >= 15 is 0 Å². The first-order valence-electron chi connectivity index (χ1n) is 5.82. The molecule has 0 amide bonds. The molecular formula is C13H25N2P. The maximum atomic E-state index is 3.41. The largest absolute Gasteiger partial charge is 0.342 e. The first-order valence-corrected chi connectivity index (χ1v) is 7.80. The highest BCUT2D eigenvalue weighted by Gasteiger charge is 2.28. The lowest BCUT2D eigenvalue weighted by Gasteiger charge is -2.34. The standard InChI is InChI=1S/C13H25N2P/c1-12(2,3)15-9-8-14(10-15)11-16(7)13(4,5)6/h8-9H,11H2,1-7H3/t16-/m0/s1. The second-order valence-electron chi connectivity index (χ2n) is 6.42.